The Morgan fingerprint density at radius 1 is 1.05 bits per heavy atom. The molecule has 0 N–H and O–H groups in total. The van der Waals surface area contributed by atoms with Crippen molar-refractivity contribution in [2.75, 3.05) is 0 Å². The quantitative estimate of drug-likeness (QED) is 0.701. The molecule has 2 aromatic carbocycles. The van der Waals surface area contributed by atoms with Crippen LogP contribution in [0.3, 0.4) is 0 Å². The van der Waals surface area contributed by atoms with Crippen molar-refractivity contribution in [1.82, 2.24) is 0 Å². The van der Waals surface area contributed by atoms with E-state index >= 15 is 0 Å². The number of furan rings is 1. The Morgan fingerprint density at radius 3 is 2.74 bits per heavy atom. The van der Waals surface area contributed by atoms with Crippen LogP contribution < -0.4 is 4.74 Å². The first-order valence-corrected chi connectivity index (χ1v) is 5.77. The number of benzene rings is 2. The van der Waals surface area contributed by atoms with Gasteiger partial charge in [0.05, 0.1) is 6.26 Å². The lowest BCUT2D eigenvalue weighted by Crippen LogP contribution is -1.96. The third-order valence-corrected chi connectivity index (χ3v) is 2.84. The third-order valence-electron chi connectivity index (χ3n) is 2.84. The fraction of sp³-hybridized carbons (Fsp3) is 0.0667. The number of ether oxygens (including phenoxy) is 1. The zero-order valence-electron chi connectivity index (χ0n) is 9.90. The normalized spacial score (nSPS) is 10.8. The van der Waals surface area contributed by atoms with Crippen molar-refractivity contribution in [2.24, 2.45) is 0 Å². The molecule has 0 radical (unpaired) electrons. The molecule has 1 heterocycles. The van der Waals surface area contributed by atoms with Gasteiger partial charge in [-0.1, -0.05) is 12.1 Å². The van der Waals surface area contributed by atoms with E-state index in [-0.39, 0.29) is 18.2 Å². The van der Waals surface area contributed by atoms with Crippen LogP contribution in [0.25, 0.3) is 11.0 Å². The molecule has 96 valence electrons. The summed E-state index contributed by atoms with van der Waals surface area (Å²) in [6.07, 6.45) is 1.49. The molecule has 0 spiro atoms. The molecule has 3 aromatic rings. The molecule has 0 fully saturated rings. The average molecular weight is 260 g/mol. The van der Waals surface area contributed by atoms with Crippen molar-refractivity contribution in [1.29, 1.82) is 0 Å². The van der Waals surface area contributed by atoms with Crippen molar-refractivity contribution in [3.8, 4) is 5.75 Å². The first-order chi connectivity index (χ1) is 9.24. The van der Waals surface area contributed by atoms with Gasteiger partial charge >= 0.3 is 0 Å². The van der Waals surface area contributed by atoms with Gasteiger partial charge in [-0.25, -0.2) is 8.78 Å². The monoisotopic (exact) mass is 260 g/mol. The Balaban J connectivity index is 1.84. The van der Waals surface area contributed by atoms with Crippen LogP contribution in [-0.4, -0.2) is 0 Å². The van der Waals surface area contributed by atoms with Crippen molar-refractivity contribution in [3.63, 3.8) is 0 Å². The molecule has 1 aromatic heterocycles. The smallest absolute Gasteiger partial charge is 0.165 e. The summed E-state index contributed by atoms with van der Waals surface area (Å²) in [6.45, 7) is 0.166. The number of rotatable bonds is 3. The SMILES string of the molecule is Fc1ccc2c(COc3ccccc3F)coc2c1. The first kappa shape index (κ1) is 11.7. The minimum absolute atomic E-state index is 0.166. The molecule has 0 saturated heterocycles. The number of fused-ring (bicyclic) bond motifs is 1. The fourth-order valence-electron chi connectivity index (χ4n) is 1.89. The highest BCUT2D eigenvalue weighted by Gasteiger charge is 2.08. The van der Waals surface area contributed by atoms with Gasteiger partial charge in [-0.05, 0) is 24.3 Å². The Bertz CT molecular complexity index is 719. The highest BCUT2D eigenvalue weighted by atomic mass is 19.1. The van der Waals surface area contributed by atoms with Gasteiger partial charge in [-0.15, -0.1) is 0 Å². The Morgan fingerprint density at radius 2 is 1.89 bits per heavy atom. The van der Waals surface area contributed by atoms with Gasteiger partial charge in [0.15, 0.2) is 11.6 Å². The Labute approximate surface area is 108 Å². The Kier molecular flexibility index (Phi) is 2.91. The van der Waals surface area contributed by atoms with Crippen molar-refractivity contribution >= 4 is 11.0 Å². The van der Waals surface area contributed by atoms with E-state index in [9.17, 15) is 8.78 Å². The third kappa shape index (κ3) is 2.29. The van der Waals surface area contributed by atoms with Crippen molar-refractivity contribution in [2.45, 2.75) is 6.61 Å². The van der Waals surface area contributed by atoms with Crippen LogP contribution in [0.1, 0.15) is 5.56 Å². The molecule has 0 aliphatic carbocycles. The zero-order valence-corrected chi connectivity index (χ0v) is 9.90. The predicted octanol–water partition coefficient (Wildman–Crippen LogP) is 4.29. The fourth-order valence-corrected chi connectivity index (χ4v) is 1.89. The van der Waals surface area contributed by atoms with Crippen LogP contribution in [0.4, 0.5) is 8.78 Å². The van der Waals surface area contributed by atoms with Crippen LogP contribution >= 0.6 is 0 Å². The molecule has 0 unspecified atom stereocenters. The van der Waals surface area contributed by atoms with Gasteiger partial charge in [0, 0.05) is 17.0 Å². The summed E-state index contributed by atoms with van der Waals surface area (Å²) < 4.78 is 37.0. The number of hydrogen-bond acceptors (Lipinski definition) is 2. The number of halogens is 2. The second kappa shape index (κ2) is 4.72. The number of para-hydroxylation sites is 1. The van der Waals surface area contributed by atoms with Crippen LogP contribution in [0, 0.1) is 11.6 Å². The maximum absolute atomic E-state index is 13.4. The average Bonchev–Trinajstić information content (AvgIpc) is 2.80. The molecule has 0 aliphatic heterocycles. The second-order valence-electron chi connectivity index (χ2n) is 4.12. The van der Waals surface area contributed by atoms with E-state index in [1.807, 2.05) is 0 Å². The molecule has 19 heavy (non-hydrogen) atoms. The highest BCUT2D eigenvalue weighted by Crippen LogP contribution is 2.24. The van der Waals surface area contributed by atoms with Gasteiger partial charge in [0.25, 0.3) is 0 Å². The lowest BCUT2D eigenvalue weighted by Gasteiger charge is -2.05. The number of hydrogen-bond donors (Lipinski definition) is 0. The predicted molar refractivity (Wildman–Crippen MR) is 66.9 cm³/mol. The summed E-state index contributed by atoms with van der Waals surface area (Å²) in [6, 6.07) is 10.5. The molecule has 0 saturated carbocycles. The molecular weight excluding hydrogens is 250 g/mol. The van der Waals surface area contributed by atoms with E-state index in [4.69, 9.17) is 9.15 Å². The lowest BCUT2D eigenvalue weighted by molar-refractivity contribution is 0.290. The molecule has 0 atom stereocenters. The molecule has 0 amide bonds. The molecular formula is C15H10F2O2. The van der Waals surface area contributed by atoms with Gasteiger partial charge in [-0.3, -0.25) is 0 Å². The second-order valence-corrected chi connectivity index (χ2v) is 4.12. The summed E-state index contributed by atoms with van der Waals surface area (Å²) in [5.41, 5.74) is 1.20. The van der Waals surface area contributed by atoms with Crippen LogP contribution in [-0.2, 0) is 6.61 Å². The molecule has 2 nitrogen and oxygen atoms in total. The van der Waals surface area contributed by atoms with E-state index in [0.29, 0.717) is 5.58 Å². The van der Waals surface area contributed by atoms with E-state index in [1.165, 1.54) is 24.5 Å². The topological polar surface area (TPSA) is 22.4 Å². The van der Waals surface area contributed by atoms with E-state index < -0.39 is 5.82 Å². The largest absolute Gasteiger partial charge is 0.486 e. The molecule has 0 bridgehead atoms. The minimum Gasteiger partial charge on any atom is -0.486 e. The van der Waals surface area contributed by atoms with Gasteiger partial charge in [0.2, 0.25) is 0 Å². The van der Waals surface area contributed by atoms with Crippen LogP contribution in [0.2, 0.25) is 0 Å². The molecule has 0 aliphatic rings. The van der Waals surface area contributed by atoms with Crippen molar-refractivity contribution in [3.05, 3.63) is 65.9 Å². The van der Waals surface area contributed by atoms with Crippen LogP contribution in [0.5, 0.6) is 5.75 Å². The van der Waals surface area contributed by atoms with Gasteiger partial charge < -0.3 is 9.15 Å². The van der Waals surface area contributed by atoms with Crippen LogP contribution in [0.15, 0.2) is 53.1 Å². The van der Waals surface area contributed by atoms with Gasteiger partial charge in [0.1, 0.15) is 18.0 Å². The maximum Gasteiger partial charge on any atom is 0.165 e. The Hall–Kier alpha value is -2.36. The standard InChI is InChI=1S/C15H10F2O2/c16-11-5-6-12-10(9-19-15(12)7-11)8-18-14-4-2-1-3-13(14)17/h1-7,9H,8H2. The maximum atomic E-state index is 13.4. The van der Waals surface area contributed by atoms with E-state index in [0.717, 1.165) is 10.9 Å². The van der Waals surface area contributed by atoms with E-state index in [2.05, 4.69) is 0 Å². The summed E-state index contributed by atoms with van der Waals surface area (Å²) in [4.78, 5) is 0. The zero-order chi connectivity index (χ0) is 13.2. The summed E-state index contributed by atoms with van der Waals surface area (Å²) >= 11 is 0. The highest BCUT2D eigenvalue weighted by molar-refractivity contribution is 5.80. The molecule has 4 heteroatoms. The summed E-state index contributed by atoms with van der Waals surface area (Å²) in [5.74, 6) is -0.594. The minimum atomic E-state index is -0.415. The van der Waals surface area contributed by atoms with Crippen molar-refractivity contribution < 1.29 is 17.9 Å². The summed E-state index contributed by atoms with van der Waals surface area (Å²) in [5, 5.41) is 0.762. The lowest BCUT2D eigenvalue weighted by atomic mass is 10.2. The van der Waals surface area contributed by atoms with E-state index in [1.54, 1.807) is 24.3 Å². The van der Waals surface area contributed by atoms with Gasteiger partial charge in [-0.2, -0.15) is 0 Å². The summed E-state index contributed by atoms with van der Waals surface area (Å²) in [7, 11) is 0. The first-order valence-electron chi connectivity index (χ1n) is 5.77. The molecule has 3 rings (SSSR count).